The van der Waals surface area contributed by atoms with Crippen molar-refractivity contribution in [2.75, 3.05) is 18.1 Å². The van der Waals surface area contributed by atoms with E-state index in [1.165, 1.54) is 43.5 Å². The van der Waals surface area contributed by atoms with E-state index in [2.05, 4.69) is 29.6 Å². The second-order valence-electron chi connectivity index (χ2n) is 5.60. The third kappa shape index (κ3) is 3.90. The molecule has 2 nitrogen and oxygen atoms in total. The average molecular weight is 277 g/mol. The first kappa shape index (κ1) is 13.3. The van der Waals surface area contributed by atoms with E-state index in [0.717, 1.165) is 17.9 Å². The zero-order chi connectivity index (χ0) is 12.9. The number of thioether (sulfide) groups is 1. The van der Waals surface area contributed by atoms with Gasteiger partial charge in [-0.3, -0.25) is 0 Å². The lowest BCUT2D eigenvalue weighted by Gasteiger charge is -2.22. The average Bonchev–Trinajstić information content (AvgIpc) is 2.95. The quantitative estimate of drug-likeness (QED) is 0.913. The number of hydrogen-bond donors (Lipinski definition) is 1. The van der Waals surface area contributed by atoms with Crippen LogP contribution in [0.5, 0.6) is 5.75 Å². The molecule has 2 fully saturated rings. The molecule has 3 heteroatoms. The Labute approximate surface area is 120 Å². The maximum atomic E-state index is 6.04. The molecular weight excluding hydrogens is 254 g/mol. The number of ether oxygens (including phenoxy) is 1. The second-order valence-corrected chi connectivity index (χ2v) is 6.75. The molecule has 0 saturated carbocycles. The first-order valence-corrected chi connectivity index (χ1v) is 8.62. The van der Waals surface area contributed by atoms with Crippen molar-refractivity contribution in [3.05, 3.63) is 29.8 Å². The normalized spacial score (nSPS) is 27.4. The van der Waals surface area contributed by atoms with E-state index in [9.17, 15) is 0 Å². The summed E-state index contributed by atoms with van der Waals surface area (Å²) >= 11 is 2.01. The molecule has 104 valence electrons. The largest absolute Gasteiger partial charge is 0.490 e. The minimum Gasteiger partial charge on any atom is -0.490 e. The second kappa shape index (κ2) is 6.67. The van der Waals surface area contributed by atoms with Gasteiger partial charge in [0.25, 0.3) is 0 Å². The van der Waals surface area contributed by atoms with Crippen molar-refractivity contribution in [1.82, 2.24) is 5.32 Å². The molecule has 2 aliphatic rings. The van der Waals surface area contributed by atoms with E-state index in [1.54, 1.807) is 0 Å². The maximum Gasteiger partial charge on any atom is 0.119 e. The van der Waals surface area contributed by atoms with Crippen LogP contribution in [0.1, 0.15) is 31.2 Å². The van der Waals surface area contributed by atoms with Crippen LogP contribution in [0.4, 0.5) is 0 Å². The summed E-state index contributed by atoms with van der Waals surface area (Å²) in [7, 11) is 0. The minimum absolute atomic E-state index is 0.418. The molecule has 3 rings (SSSR count). The van der Waals surface area contributed by atoms with Gasteiger partial charge >= 0.3 is 0 Å². The lowest BCUT2D eigenvalue weighted by Crippen LogP contribution is -2.24. The maximum absolute atomic E-state index is 6.04. The summed E-state index contributed by atoms with van der Waals surface area (Å²) in [5, 5.41) is 3.55. The monoisotopic (exact) mass is 277 g/mol. The number of nitrogens with one attached hydrogen (secondary N) is 1. The Kier molecular flexibility index (Phi) is 4.67. The lowest BCUT2D eigenvalue weighted by atomic mass is 10.0. The Balaban J connectivity index is 1.52. The summed E-state index contributed by atoms with van der Waals surface area (Å²) in [6, 6.07) is 9.42. The van der Waals surface area contributed by atoms with Crippen LogP contribution in [0.15, 0.2) is 24.3 Å². The van der Waals surface area contributed by atoms with Gasteiger partial charge in [-0.2, -0.15) is 11.8 Å². The van der Waals surface area contributed by atoms with E-state index in [-0.39, 0.29) is 0 Å². The van der Waals surface area contributed by atoms with Gasteiger partial charge in [-0.25, -0.2) is 0 Å². The van der Waals surface area contributed by atoms with Crippen molar-refractivity contribution in [1.29, 1.82) is 0 Å². The van der Waals surface area contributed by atoms with Gasteiger partial charge in [0.05, 0.1) is 0 Å². The fourth-order valence-corrected chi connectivity index (χ4v) is 3.95. The fraction of sp³-hybridized carbons (Fsp3) is 0.625. The van der Waals surface area contributed by atoms with Crippen molar-refractivity contribution in [3.63, 3.8) is 0 Å². The van der Waals surface area contributed by atoms with Crippen LogP contribution in [-0.4, -0.2) is 30.2 Å². The number of benzene rings is 1. The van der Waals surface area contributed by atoms with Gasteiger partial charge in [0.1, 0.15) is 11.9 Å². The Bertz CT molecular complexity index is 380. The highest BCUT2D eigenvalue weighted by Crippen LogP contribution is 2.23. The zero-order valence-electron chi connectivity index (χ0n) is 11.4. The van der Waals surface area contributed by atoms with Crippen molar-refractivity contribution < 1.29 is 4.74 Å². The summed E-state index contributed by atoms with van der Waals surface area (Å²) in [5.74, 6) is 3.48. The van der Waals surface area contributed by atoms with Gasteiger partial charge < -0.3 is 10.1 Å². The third-order valence-electron chi connectivity index (χ3n) is 3.99. The molecule has 19 heavy (non-hydrogen) atoms. The molecule has 2 heterocycles. The van der Waals surface area contributed by atoms with Crippen LogP contribution in [-0.2, 0) is 6.42 Å². The van der Waals surface area contributed by atoms with Crippen LogP contribution >= 0.6 is 11.8 Å². The molecule has 0 radical (unpaired) electrons. The van der Waals surface area contributed by atoms with Crippen molar-refractivity contribution in [3.8, 4) is 5.75 Å². The van der Waals surface area contributed by atoms with Crippen LogP contribution in [0, 0.1) is 0 Å². The molecule has 1 N–H and O–H groups in total. The van der Waals surface area contributed by atoms with Gasteiger partial charge in [0.15, 0.2) is 0 Å². The molecular formula is C16H23NOS. The van der Waals surface area contributed by atoms with Crippen LogP contribution < -0.4 is 10.1 Å². The summed E-state index contributed by atoms with van der Waals surface area (Å²) in [6.45, 7) is 1.19. The molecule has 1 aromatic rings. The van der Waals surface area contributed by atoms with Crippen molar-refractivity contribution >= 4 is 11.8 Å². The molecule has 0 spiro atoms. The molecule has 0 aliphatic carbocycles. The Hall–Kier alpha value is -0.670. The van der Waals surface area contributed by atoms with E-state index in [4.69, 9.17) is 4.74 Å². The molecule has 0 amide bonds. The summed E-state index contributed by atoms with van der Waals surface area (Å²) < 4.78 is 6.04. The third-order valence-corrected chi connectivity index (χ3v) is 5.17. The number of hydrogen-bond acceptors (Lipinski definition) is 3. The van der Waals surface area contributed by atoms with Crippen LogP contribution in [0.2, 0.25) is 0 Å². The van der Waals surface area contributed by atoms with Gasteiger partial charge in [0.2, 0.25) is 0 Å². The van der Waals surface area contributed by atoms with Crippen molar-refractivity contribution in [2.45, 2.75) is 44.2 Å². The first-order chi connectivity index (χ1) is 9.40. The van der Waals surface area contributed by atoms with E-state index >= 15 is 0 Å². The topological polar surface area (TPSA) is 21.3 Å². The van der Waals surface area contributed by atoms with Gasteiger partial charge in [-0.1, -0.05) is 12.1 Å². The highest BCUT2D eigenvalue weighted by atomic mass is 32.2. The fourth-order valence-electron chi connectivity index (χ4n) is 2.92. The highest BCUT2D eigenvalue weighted by molar-refractivity contribution is 7.99. The van der Waals surface area contributed by atoms with E-state index in [0.29, 0.717) is 12.1 Å². The Morgan fingerprint density at radius 3 is 2.74 bits per heavy atom. The Morgan fingerprint density at radius 2 is 2.05 bits per heavy atom. The predicted molar refractivity (Wildman–Crippen MR) is 82.1 cm³/mol. The van der Waals surface area contributed by atoms with Gasteiger partial charge in [0, 0.05) is 11.8 Å². The van der Waals surface area contributed by atoms with Crippen LogP contribution in [0.3, 0.4) is 0 Å². The summed E-state index contributed by atoms with van der Waals surface area (Å²) in [4.78, 5) is 0. The summed E-state index contributed by atoms with van der Waals surface area (Å²) in [6.07, 6.45) is 6.71. The predicted octanol–water partition coefficient (Wildman–Crippen LogP) is 3.26. The van der Waals surface area contributed by atoms with E-state index in [1.807, 2.05) is 11.8 Å². The zero-order valence-corrected chi connectivity index (χ0v) is 12.3. The minimum atomic E-state index is 0.418. The number of rotatable bonds is 4. The van der Waals surface area contributed by atoms with Crippen LogP contribution in [0.25, 0.3) is 0 Å². The SMILES string of the molecule is c1cc(OC2CCCSC2)ccc1CC1CCCN1. The first-order valence-electron chi connectivity index (χ1n) is 7.47. The van der Waals surface area contributed by atoms with Crippen molar-refractivity contribution in [2.24, 2.45) is 0 Å². The molecule has 2 saturated heterocycles. The standard InChI is InChI=1S/C16H23NOS/c1-3-14(17-9-1)11-13-5-7-15(8-6-13)18-16-4-2-10-19-12-16/h5-8,14,16-17H,1-4,9-12H2. The lowest BCUT2D eigenvalue weighted by molar-refractivity contribution is 0.211. The van der Waals surface area contributed by atoms with Gasteiger partial charge in [-0.05, 0) is 62.1 Å². The molecule has 0 aromatic heterocycles. The molecule has 0 bridgehead atoms. The molecule has 2 aliphatic heterocycles. The molecule has 2 unspecified atom stereocenters. The summed E-state index contributed by atoms with van der Waals surface area (Å²) in [5.41, 5.74) is 1.42. The smallest absolute Gasteiger partial charge is 0.119 e. The molecule has 2 atom stereocenters. The van der Waals surface area contributed by atoms with E-state index < -0.39 is 0 Å². The van der Waals surface area contributed by atoms with Gasteiger partial charge in [-0.15, -0.1) is 0 Å². The Morgan fingerprint density at radius 1 is 1.16 bits per heavy atom. The highest BCUT2D eigenvalue weighted by Gasteiger charge is 2.16. The molecule has 1 aromatic carbocycles.